The third kappa shape index (κ3) is 6.06. The zero-order valence-electron chi connectivity index (χ0n) is 16.4. The van der Waals surface area contributed by atoms with E-state index >= 15 is 0 Å². The molecule has 0 aliphatic rings. The van der Waals surface area contributed by atoms with Gasteiger partial charge in [0.15, 0.2) is 5.96 Å². The summed E-state index contributed by atoms with van der Waals surface area (Å²) < 4.78 is 7.59. The van der Waals surface area contributed by atoms with Gasteiger partial charge in [-0.25, -0.2) is 9.98 Å². The highest BCUT2D eigenvalue weighted by molar-refractivity contribution is 5.79. The maximum atomic E-state index is 5.87. The van der Waals surface area contributed by atoms with Crippen molar-refractivity contribution in [2.75, 3.05) is 19.7 Å². The van der Waals surface area contributed by atoms with Crippen LogP contribution >= 0.6 is 0 Å². The van der Waals surface area contributed by atoms with Crippen LogP contribution in [0.2, 0.25) is 0 Å². The van der Waals surface area contributed by atoms with Crippen molar-refractivity contribution in [1.29, 1.82) is 0 Å². The zero-order valence-corrected chi connectivity index (χ0v) is 16.4. The molecule has 0 aliphatic heterocycles. The van der Waals surface area contributed by atoms with E-state index in [9.17, 15) is 0 Å². The molecule has 0 unspecified atom stereocenters. The first-order chi connectivity index (χ1) is 12.4. The zero-order chi connectivity index (χ0) is 19.0. The molecule has 0 saturated carbocycles. The molecule has 0 radical (unpaired) electrons. The molecule has 0 spiro atoms. The van der Waals surface area contributed by atoms with Gasteiger partial charge in [-0.2, -0.15) is 5.10 Å². The van der Waals surface area contributed by atoms with Crippen molar-refractivity contribution in [3.8, 4) is 5.75 Å². The fraction of sp³-hybridized carbons (Fsp3) is 0.526. The van der Waals surface area contributed by atoms with E-state index in [2.05, 4.69) is 58.6 Å². The van der Waals surface area contributed by atoms with Gasteiger partial charge in [0.1, 0.15) is 31.1 Å². The highest BCUT2D eigenvalue weighted by atomic mass is 16.5. The molecule has 0 amide bonds. The number of aryl methyl sites for hydroxylation is 1. The lowest BCUT2D eigenvalue weighted by atomic mass is 9.87. The fourth-order valence-corrected chi connectivity index (χ4v) is 2.35. The number of hydrogen-bond acceptors (Lipinski definition) is 4. The van der Waals surface area contributed by atoms with E-state index < -0.39 is 0 Å². The molecule has 7 heteroatoms. The second kappa shape index (κ2) is 9.22. The number of aliphatic imine (C=N–C) groups is 1. The predicted molar refractivity (Wildman–Crippen MR) is 104 cm³/mol. The Kier molecular flexibility index (Phi) is 7.00. The molecule has 2 aromatic rings. The number of aromatic nitrogens is 3. The van der Waals surface area contributed by atoms with Gasteiger partial charge >= 0.3 is 0 Å². The summed E-state index contributed by atoms with van der Waals surface area (Å²) in [6, 6.07) is 8.26. The summed E-state index contributed by atoms with van der Waals surface area (Å²) in [6.45, 7) is 11.1. The molecule has 0 bridgehead atoms. The van der Waals surface area contributed by atoms with Gasteiger partial charge in [0.05, 0.1) is 6.54 Å². The topological polar surface area (TPSA) is 76.4 Å². The quantitative estimate of drug-likeness (QED) is 0.451. The van der Waals surface area contributed by atoms with Crippen LogP contribution in [-0.2, 0) is 19.0 Å². The van der Waals surface area contributed by atoms with Crippen molar-refractivity contribution in [2.24, 2.45) is 12.0 Å². The van der Waals surface area contributed by atoms with Gasteiger partial charge in [-0.3, -0.25) is 4.68 Å². The third-order valence-electron chi connectivity index (χ3n) is 3.89. The van der Waals surface area contributed by atoms with Crippen molar-refractivity contribution in [3.63, 3.8) is 0 Å². The van der Waals surface area contributed by atoms with Crippen molar-refractivity contribution >= 4 is 5.96 Å². The lowest BCUT2D eigenvalue weighted by Gasteiger charge is -2.20. The van der Waals surface area contributed by atoms with Crippen LogP contribution in [0.15, 0.2) is 35.6 Å². The average Bonchev–Trinajstić information content (AvgIpc) is 3.01. The van der Waals surface area contributed by atoms with E-state index in [1.807, 2.05) is 26.1 Å². The van der Waals surface area contributed by atoms with Crippen LogP contribution in [0.5, 0.6) is 5.75 Å². The predicted octanol–water partition coefficient (Wildman–Crippen LogP) is 2.25. The highest BCUT2D eigenvalue weighted by Crippen LogP contribution is 2.25. The number of guanidine groups is 1. The fourth-order valence-electron chi connectivity index (χ4n) is 2.35. The van der Waals surface area contributed by atoms with E-state index in [0.29, 0.717) is 19.7 Å². The Morgan fingerprint density at radius 1 is 1.27 bits per heavy atom. The summed E-state index contributed by atoms with van der Waals surface area (Å²) in [5, 5.41) is 10.5. The molecule has 1 heterocycles. The largest absolute Gasteiger partial charge is 0.492 e. The summed E-state index contributed by atoms with van der Waals surface area (Å²) in [4.78, 5) is 8.70. The Bertz CT molecular complexity index is 717. The Hall–Kier alpha value is -2.57. The Morgan fingerprint density at radius 2 is 2.08 bits per heavy atom. The summed E-state index contributed by atoms with van der Waals surface area (Å²) in [5.41, 5.74) is 1.38. The minimum absolute atomic E-state index is 0.113. The summed E-state index contributed by atoms with van der Waals surface area (Å²) in [7, 11) is 1.86. The lowest BCUT2D eigenvalue weighted by molar-refractivity contribution is 0.321. The number of benzene rings is 1. The minimum Gasteiger partial charge on any atom is -0.492 e. The molecule has 0 fully saturated rings. The van der Waals surface area contributed by atoms with Crippen LogP contribution in [0.1, 0.15) is 39.1 Å². The molecule has 7 nitrogen and oxygen atoms in total. The standard InChI is InChI=1S/C19H30N6O/c1-6-20-18(22-13-17-23-14-24-25(17)5)21-10-11-26-16-9-7-8-15(12-16)19(2,3)4/h7-9,12,14H,6,10-11,13H2,1-5H3,(H2,20,21,22). The lowest BCUT2D eigenvalue weighted by Crippen LogP contribution is -2.39. The van der Waals surface area contributed by atoms with Gasteiger partial charge in [0.2, 0.25) is 0 Å². The molecule has 142 valence electrons. The Balaban J connectivity index is 1.83. The molecule has 1 aromatic heterocycles. The average molecular weight is 358 g/mol. The molecule has 2 rings (SSSR count). The van der Waals surface area contributed by atoms with E-state index in [4.69, 9.17) is 4.74 Å². The number of rotatable bonds is 7. The third-order valence-corrected chi connectivity index (χ3v) is 3.89. The van der Waals surface area contributed by atoms with Gasteiger partial charge in [0.25, 0.3) is 0 Å². The second-order valence-electron chi connectivity index (χ2n) is 7.05. The van der Waals surface area contributed by atoms with E-state index in [1.54, 1.807) is 4.68 Å². The smallest absolute Gasteiger partial charge is 0.191 e. The maximum Gasteiger partial charge on any atom is 0.191 e. The molecular formula is C19H30N6O. The second-order valence-corrected chi connectivity index (χ2v) is 7.05. The number of nitrogens with one attached hydrogen (secondary N) is 2. The van der Waals surface area contributed by atoms with Crippen molar-refractivity contribution in [3.05, 3.63) is 42.0 Å². The molecule has 26 heavy (non-hydrogen) atoms. The minimum atomic E-state index is 0.113. The van der Waals surface area contributed by atoms with Crippen LogP contribution in [0.4, 0.5) is 0 Å². The molecule has 0 atom stereocenters. The van der Waals surface area contributed by atoms with Gasteiger partial charge in [-0.05, 0) is 30.0 Å². The number of hydrogen-bond donors (Lipinski definition) is 2. The van der Waals surface area contributed by atoms with E-state index in [1.165, 1.54) is 11.9 Å². The highest BCUT2D eigenvalue weighted by Gasteiger charge is 2.13. The summed E-state index contributed by atoms with van der Waals surface area (Å²) >= 11 is 0. The maximum absolute atomic E-state index is 5.87. The van der Waals surface area contributed by atoms with Crippen LogP contribution in [0, 0.1) is 0 Å². The summed E-state index contributed by atoms with van der Waals surface area (Å²) in [5.74, 6) is 2.44. The number of nitrogens with zero attached hydrogens (tertiary/aromatic N) is 4. The van der Waals surface area contributed by atoms with E-state index in [-0.39, 0.29) is 5.41 Å². The van der Waals surface area contributed by atoms with Crippen molar-refractivity contribution in [1.82, 2.24) is 25.4 Å². The molecule has 1 aromatic carbocycles. The van der Waals surface area contributed by atoms with Crippen molar-refractivity contribution < 1.29 is 4.74 Å². The molecule has 0 saturated heterocycles. The molecule has 2 N–H and O–H groups in total. The monoisotopic (exact) mass is 358 g/mol. The van der Waals surface area contributed by atoms with Crippen molar-refractivity contribution in [2.45, 2.75) is 39.7 Å². The Morgan fingerprint density at radius 3 is 2.73 bits per heavy atom. The van der Waals surface area contributed by atoms with Crippen LogP contribution in [-0.4, -0.2) is 40.4 Å². The molecular weight excluding hydrogens is 328 g/mol. The van der Waals surface area contributed by atoms with E-state index in [0.717, 1.165) is 24.1 Å². The first-order valence-corrected chi connectivity index (χ1v) is 8.98. The Labute approximate surface area is 155 Å². The summed E-state index contributed by atoms with van der Waals surface area (Å²) in [6.07, 6.45) is 1.53. The number of ether oxygens (including phenoxy) is 1. The first-order valence-electron chi connectivity index (χ1n) is 8.98. The van der Waals surface area contributed by atoms with Gasteiger partial charge < -0.3 is 15.4 Å². The van der Waals surface area contributed by atoms with Gasteiger partial charge in [-0.15, -0.1) is 0 Å². The van der Waals surface area contributed by atoms with Gasteiger partial charge in [0, 0.05) is 13.6 Å². The first kappa shape index (κ1) is 19.8. The SMILES string of the molecule is CCNC(=NCc1ncnn1C)NCCOc1cccc(C(C)(C)C)c1. The van der Waals surface area contributed by atoms with Gasteiger partial charge in [-0.1, -0.05) is 32.9 Å². The van der Waals surface area contributed by atoms with Crippen LogP contribution in [0.25, 0.3) is 0 Å². The van der Waals surface area contributed by atoms with Crippen LogP contribution in [0.3, 0.4) is 0 Å². The molecule has 0 aliphatic carbocycles. The van der Waals surface area contributed by atoms with Crippen LogP contribution < -0.4 is 15.4 Å². The normalized spacial score (nSPS) is 12.1.